The number of rotatable bonds is 17. The number of ether oxygens (including phenoxy) is 2. The Morgan fingerprint density at radius 1 is 0.580 bits per heavy atom. The maximum atomic E-state index is 15.7. The maximum absolute atomic E-state index is 15.7. The molecule has 0 aliphatic rings. The van der Waals surface area contributed by atoms with Crippen LogP contribution in [0.5, 0.6) is 11.5 Å². The summed E-state index contributed by atoms with van der Waals surface area (Å²) in [6.07, 6.45) is 9.09. The van der Waals surface area contributed by atoms with Gasteiger partial charge in [0.05, 0.1) is 24.9 Å². The molecule has 0 radical (unpaired) electrons. The smallest absolute Gasteiger partial charge is 0.135 e. The maximum Gasteiger partial charge on any atom is 0.135 e. The van der Waals surface area contributed by atoms with Gasteiger partial charge in [-0.1, -0.05) is 89.3 Å². The zero-order valence-electron chi connectivity index (χ0n) is 29.0. The van der Waals surface area contributed by atoms with Gasteiger partial charge in [-0.25, -0.2) is 8.78 Å². The Labute approximate surface area is 302 Å². The summed E-state index contributed by atoms with van der Waals surface area (Å²) < 4.78 is 52.2. The average Bonchev–Trinajstić information content (AvgIpc) is 3.83. The predicted molar refractivity (Wildman–Crippen MR) is 205 cm³/mol. The Hall–Kier alpha value is -4.14. The molecule has 8 heteroatoms. The SMILES string of the molecule is CCCCOc1ccc(-c2ccc(-c3ccc(-c4ccc(-c5ccc(OCC(CCCC)CCCC)cc5F)s4)c4nsnc34)c(F)c2)cc1. The lowest BCUT2D eigenvalue weighted by Gasteiger charge is -2.17. The van der Waals surface area contributed by atoms with Crippen LogP contribution >= 0.6 is 23.1 Å². The molecule has 50 heavy (non-hydrogen) atoms. The van der Waals surface area contributed by atoms with Crippen molar-refractivity contribution in [1.29, 1.82) is 0 Å². The number of hydrogen-bond acceptors (Lipinski definition) is 6. The summed E-state index contributed by atoms with van der Waals surface area (Å²) >= 11 is 2.60. The molecule has 0 unspecified atom stereocenters. The number of hydrogen-bond donors (Lipinski definition) is 0. The highest BCUT2D eigenvalue weighted by Gasteiger charge is 2.19. The summed E-state index contributed by atoms with van der Waals surface area (Å²) in [7, 11) is 0. The molecule has 0 bridgehead atoms. The van der Waals surface area contributed by atoms with Crippen LogP contribution in [0, 0.1) is 17.6 Å². The van der Waals surface area contributed by atoms with Gasteiger partial charge in [-0.05, 0) is 78.8 Å². The minimum atomic E-state index is -0.327. The average molecular weight is 711 g/mol. The van der Waals surface area contributed by atoms with Crippen LogP contribution in [0.15, 0.2) is 84.9 Å². The molecule has 0 atom stereocenters. The monoisotopic (exact) mass is 710 g/mol. The second kappa shape index (κ2) is 17.2. The number of unbranched alkanes of at least 4 members (excludes halogenated alkanes) is 3. The molecule has 0 aliphatic heterocycles. The fraction of sp³-hybridized carbons (Fsp3) is 0.333. The molecule has 0 saturated heterocycles. The first-order chi connectivity index (χ1) is 24.5. The van der Waals surface area contributed by atoms with Gasteiger partial charge in [0.25, 0.3) is 0 Å². The van der Waals surface area contributed by atoms with Gasteiger partial charge in [-0.2, -0.15) is 8.75 Å². The van der Waals surface area contributed by atoms with Crippen molar-refractivity contribution in [2.24, 2.45) is 5.92 Å². The standard InChI is InChI=1S/C42H44F2N2O2S2/c1-4-7-10-28(11-8-5-2)27-48-32-17-19-35(38(44)26-32)39-22-23-40(49-39)36-21-20-34(41-42(36)46-50-45-41)33-18-14-30(25-37(33)43)29-12-15-31(16-13-29)47-24-9-6-3/h12-23,25-26,28H,4-11,24,27H2,1-3H3. The van der Waals surface area contributed by atoms with Crippen molar-refractivity contribution in [2.75, 3.05) is 13.2 Å². The van der Waals surface area contributed by atoms with Gasteiger partial charge in [0.15, 0.2) is 0 Å². The molecule has 260 valence electrons. The molecule has 0 spiro atoms. The van der Waals surface area contributed by atoms with E-state index in [1.165, 1.54) is 43.1 Å². The summed E-state index contributed by atoms with van der Waals surface area (Å²) in [6, 6.07) is 26.0. The molecular weight excluding hydrogens is 667 g/mol. The van der Waals surface area contributed by atoms with Crippen molar-refractivity contribution >= 4 is 34.1 Å². The zero-order valence-corrected chi connectivity index (χ0v) is 30.6. The lowest BCUT2D eigenvalue weighted by Crippen LogP contribution is -2.12. The molecule has 4 aromatic carbocycles. The normalized spacial score (nSPS) is 11.5. The van der Waals surface area contributed by atoms with Crippen LogP contribution in [0.2, 0.25) is 0 Å². The highest BCUT2D eigenvalue weighted by Crippen LogP contribution is 2.41. The van der Waals surface area contributed by atoms with E-state index in [0.717, 1.165) is 69.6 Å². The van der Waals surface area contributed by atoms with Crippen molar-refractivity contribution in [1.82, 2.24) is 8.75 Å². The van der Waals surface area contributed by atoms with Crippen molar-refractivity contribution in [3.05, 3.63) is 96.6 Å². The Bertz CT molecular complexity index is 2000. The van der Waals surface area contributed by atoms with Crippen LogP contribution in [-0.2, 0) is 0 Å². The Morgan fingerprint density at radius 2 is 1.16 bits per heavy atom. The van der Waals surface area contributed by atoms with E-state index in [-0.39, 0.29) is 11.6 Å². The lowest BCUT2D eigenvalue weighted by molar-refractivity contribution is 0.225. The van der Waals surface area contributed by atoms with Gasteiger partial charge in [0, 0.05) is 38.1 Å². The molecule has 2 heterocycles. The number of nitrogens with zero attached hydrogens (tertiary/aromatic N) is 2. The molecule has 0 fully saturated rings. The second-order valence-corrected chi connectivity index (χ2v) is 14.4. The van der Waals surface area contributed by atoms with Crippen LogP contribution in [-0.4, -0.2) is 22.0 Å². The number of halogens is 2. The van der Waals surface area contributed by atoms with Crippen LogP contribution < -0.4 is 9.47 Å². The summed E-state index contributed by atoms with van der Waals surface area (Å²) in [5.74, 6) is 1.24. The summed E-state index contributed by atoms with van der Waals surface area (Å²) in [6.45, 7) is 7.85. The van der Waals surface area contributed by atoms with Crippen LogP contribution in [0.4, 0.5) is 8.78 Å². The van der Waals surface area contributed by atoms with Gasteiger partial charge in [-0.3, -0.25) is 0 Å². The first-order valence-corrected chi connectivity index (χ1v) is 19.3. The fourth-order valence-corrected chi connectivity index (χ4v) is 7.83. The predicted octanol–water partition coefficient (Wildman–Crippen LogP) is 13.3. The Balaban J connectivity index is 1.18. The number of benzene rings is 4. The highest BCUT2D eigenvalue weighted by atomic mass is 32.1. The molecule has 0 amide bonds. The first-order valence-electron chi connectivity index (χ1n) is 17.8. The molecule has 0 N–H and O–H groups in total. The number of aromatic nitrogens is 2. The minimum absolute atomic E-state index is 0.305. The molecular formula is C42H44F2N2O2S2. The first kappa shape index (κ1) is 35.7. The molecule has 4 nitrogen and oxygen atoms in total. The van der Waals surface area contributed by atoms with E-state index in [2.05, 4.69) is 29.5 Å². The molecule has 0 saturated carbocycles. The van der Waals surface area contributed by atoms with Gasteiger partial charge in [-0.15, -0.1) is 11.3 Å². The van der Waals surface area contributed by atoms with E-state index in [1.54, 1.807) is 18.2 Å². The van der Waals surface area contributed by atoms with E-state index < -0.39 is 0 Å². The van der Waals surface area contributed by atoms with Crippen molar-refractivity contribution < 1.29 is 18.3 Å². The summed E-state index contributed by atoms with van der Waals surface area (Å²) in [5, 5.41) is 0. The summed E-state index contributed by atoms with van der Waals surface area (Å²) in [5.41, 5.74) is 5.63. The topological polar surface area (TPSA) is 44.2 Å². The van der Waals surface area contributed by atoms with Crippen LogP contribution in [0.3, 0.4) is 0 Å². The van der Waals surface area contributed by atoms with E-state index >= 15 is 8.78 Å². The molecule has 6 aromatic rings. The van der Waals surface area contributed by atoms with Gasteiger partial charge >= 0.3 is 0 Å². The Morgan fingerprint density at radius 3 is 1.84 bits per heavy atom. The largest absolute Gasteiger partial charge is 0.494 e. The van der Waals surface area contributed by atoms with Gasteiger partial charge < -0.3 is 9.47 Å². The van der Waals surface area contributed by atoms with E-state index in [1.807, 2.05) is 60.7 Å². The van der Waals surface area contributed by atoms with Crippen LogP contribution in [0.1, 0.15) is 72.1 Å². The number of fused-ring (bicyclic) bond motifs is 1. The second-order valence-electron chi connectivity index (χ2n) is 12.8. The minimum Gasteiger partial charge on any atom is -0.494 e. The highest BCUT2D eigenvalue weighted by molar-refractivity contribution is 7.19. The third-order valence-electron chi connectivity index (χ3n) is 9.12. The third-order valence-corrected chi connectivity index (χ3v) is 10.8. The lowest BCUT2D eigenvalue weighted by atomic mass is 9.97. The molecule has 6 rings (SSSR count). The number of thiophene rings is 1. The fourth-order valence-electron chi connectivity index (χ4n) is 6.20. The van der Waals surface area contributed by atoms with Crippen molar-refractivity contribution in [3.63, 3.8) is 0 Å². The Kier molecular flexibility index (Phi) is 12.3. The van der Waals surface area contributed by atoms with Gasteiger partial charge in [0.2, 0.25) is 0 Å². The molecule has 2 aromatic heterocycles. The zero-order chi connectivity index (χ0) is 34.9. The quantitative estimate of drug-likeness (QED) is 0.0884. The van der Waals surface area contributed by atoms with E-state index in [4.69, 9.17) is 9.47 Å². The molecule has 0 aliphatic carbocycles. The summed E-state index contributed by atoms with van der Waals surface area (Å²) in [4.78, 5) is 1.76. The van der Waals surface area contributed by atoms with E-state index in [9.17, 15) is 0 Å². The van der Waals surface area contributed by atoms with Crippen molar-refractivity contribution in [3.8, 4) is 54.6 Å². The van der Waals surface area contributed by atoms with E-state index in [0.29, 0.717) is 52.6 Å². The van der Waals surface area contributed by atoms with Crippen molar-refractivity contribution in [2.45, 2.75) is 72.1 Å². The third kappa shape index (κ3) is 8.41. The van der Waals surface area contributed by atoms with Gasteiger partial charge in [0.1, 0.15) is 34.2 Å². The van der Waals surface area contributed by atoms with Crippen LogP contribution in [0.25, 0.3) is 54.2 Å².